The second-order valence-electron chi connectivity index (χ2n) is 5.99. The number of hydrogen-bond donors (Lipinski definition) is 1. The highest BCUT2D eigenvalue weighted by atomic mass is 15.2. The first-order valence-corrected chi connectivity index (χ1v) is 7.84. The van der Waals surface area contributed by atoms with E-state index in [1.54, 1.807) is 0 Å². The summed E-state index contributed by atoms with van der Waals surface area (Å²) in [5, 5.41) is 3.54. The van der Waals surface area contributed by atoms with Crippen molar-refractivity contribution in [3.05, 3.63) is 18.2 Å². The van der Waals surface area contributed by atoms with Crippen molar-refractivity contribution in [3.63, 3.8) is 0 Å². The molecule has 1 N–H and O–H groups in total. The van der Waals surface area contributed by atoms with Crippen LogP contribution in [0.1, 0.15) is 50.8 Å². The molecule has 1 unspecified atom stereocenters. The summed E-state index contributed by atoms with van der Waals surface area (Å²) in [4.78, 5) is 7.02. The summed E-state index contributed by atoms with van der Waals surface area (Å²) in [5.41, 5.74) is 1.40. The van der Waals surface area contributed by atoms with Gasteiger partial charge in [0.1, 0.15) is 0 Å². The highest BCUT2D eigenvalue weighted by Crippen LogP contribution is 2.36. The van der Waals surface area contributed by atoms with E-state index in [0.717, 1.165) is 19.1 Å². The van der Waals surface area contributed by atoms with E-state index in [2.05, 4.69) is 32.9 Å². The molecule has 1 aliphatic carbocycles. The number of imidazole rings is 1. The summed E-state index contributed by atoms with van der Waals surface area (Å²) in [5.74, 6) is 0. The molecule has 4 nitrogen and oxygen atoms in total. The Morgan fingerprint density at radius 1 is 1.42 bits per heavy atom. The van der Waals surface area contributed by atoms with Gasteiger partial charge in [-0.1, -0.05) is 6.92 Å². The Morgan fingerprint density at radius 3 is 3.00 bits per heavy atom. The molecule has 0 radical (unpaired) electrons. The molecule has 0 spiro atoms. The van der Waals surface area contributed by atoms with Crippen LogP contribution >= 0.6 is 0 Å². The van der Waals surface area contributed by atoms with E-state index < -0.39 is 0 Å². The van der Waals surface area contributed by atoms with Crippen LogP contribution in [-0.4, -0.2) is 40.1 Å². The van der Waals surface area contributed by atoms with Crippen molar-refractivity contribution >= 4 is 0 Å². The zero-order chi connectivity index (χ0) is 13.1. The molecule has 106 valence electrons. The minimum atomic E-state index is 0.705. The van der Waals surface area contributed by atoms with Crippen molar-refractivity contribution in [2.45, 2.75) is 57.7 Å². The molecule has 2 heterocycles. The quantitative estimate of drug-likeness (QED) is 0.853. The number of piperidine rings is 1. The lowest BCUT2D eigenvalue weighted by Crippen LogP contribution is -2.46. The molecule has 1 aromatic heterocycles. The lowest BCUT2D eigenvalue weighted by molar-refractivity contribution is 0.154. The third-order valence-corrected chi connectivity index (χ3v) is 4.35. The van der Waals surface area contributed by atoms with E-state index >= 15 is 0 Å². The van der Waals surface area contributed by atoms with Crippen molar-refractivity contribution in [1.82, 2.24) is 19.8 Å². The molecule has 4 heteroatoms. The van der Waals surface area contributed by atoms with E-state index in [1.165, 1.54) is 50.9 Å². The normalized spacial score (nSPS) is 24.0. The predicted molar refractivity (Wildman–Crippen MR) is 77.1 cm³/mol. The Balaban J connectivity index is 1.67. The number of hydrogen-bond acceptors (Lipinski definition) is 3. The topological polar surface area (TPSA) is 33.1 Å². The maximum Gasteiger partial charge on any atom is 0.0951 e. The van der Waals surface area contributed by atoms with Gasteiger partial charge < -0.3 is 9.88 Å². The lowest BCUT2D eigenvalue weighted by atomic mass is 10.1. The molecule has 2 aliphatic rings. The van der Waals surface area contributed by atoms with Crippen LogP contribution in [0.5, 0.6) is 0 Å². The monoisotopic (exact) mass is 262 g/mol. The van der Waals surface area contributed by atoms with Gasteiger partial charge in [-0.15, -0.1) is 0 Å². The molecule has 3 rings (SSSR count). The van der Waals surface area contributed by atoms with Gasteiger partial charge in [-0.3, -0.25) is 4.90 Å². The number of aromatic nitrogens is 2. The van der Waals surface area contributed by atoms with Crippen LogP contribution in [0, 0.1) is 0 Å². The Labute approximate surface area is 116 Å². The van der Waals surface area contributed by atoms with Crippen LogP contribution in [0.3, 0.4) is 0 Å². The molecule has 19 heavy (non-hydrogen) atoms. The molecular formula is C15H26N4. The van der Waals surface area contributed by atoms with Gasteiger partial charge in [0.2, 0.25) is 0 Å². The van der Waals surface area contributed by atoms with Crippen molar-refractivity contribution in [2.24, 2.45) is 0 Å². The van der Waals surface area contributed by atoms with Crippen LogP contribution in [0.25, 0.3) is 0 Å². The van der Waals surface area contributed by atoms with Gasteiger partial charge in [0.05, 0.1) is 12.0 Å². The molecular weight excluding hydrogens is 236 g/mol. The van der Waals surface area contributed by atoms with Crippen LogP contribution < -0.4 is 5.32 Å². The first-order valence-electron chi connectivity index (χ1n) is 7.84. The summed E-state index contributed by atoms with van der Waals surface area (Å²) < 4.78 is 2.40. The fourth-order valence-electron chi connectivity index (χ4n) is 3.17. The summed E-state index contributed by atoms with van der Waals surface area (Å²) in [6.07, 6.45) is 10.6. The van der Waals surface area contributed by atoms with Crippen molar-refractivity contribution in [3.8, 4) is 0 Å². The third kappa shape index (κ3) is 3.18. The maximum absolute atomic E-state index is 4.36. The summed E-state index contributed by atoms with van der Waals surface area (Å²) >= 11 is 0. The summed E-state index contributed by atoms with van der Waals surface area (Å²) in [6, 6.07) is 1.45. The number of nitrogens with one attached hydrogen (secondary N) is 1. The van der Waals surface area contributed by atoms with Gasteiger partial charge in [-0.2, -0.15) is 0 Å². The first-order chi connectivity index (χ1) is 9.38. The fraction of sp³-hybridized carbons (Fsp3) is 0.800. The van der Waals surface area contributed by atoms with E-state index in [9.17, 15) is 0 Å². The average molecular weight is 262 g/mol. The zero-order valence-electron chi connectivity index (χ0n) is 12.0. The lowest BCUT2D eigenvalue weighted by Gasteiger charge is -2.34. The minimum absolute atomic E-state index is 0.705. The standard InChI is InChI=1S/C15H26N4/c1-2-8-18(14-4-3-7-16-9-14)11-15-10-17-12-19(15)13-5-6-13/h10,12-14,16H,2-9,11H2,1H3. The number of nitrogens with zero attached hydrogens (tertiary/aromatic N) is 3. The third-order valence-electron chi connectivity index (χ3n) is 4.35. The molecule has 0 amide bonds. The SMILES string of the molecule is CCCN(Cc1cncn1C1CC1)C1CCCNC1. The largest absolute Gasteiger partial charge is 0.330 e. The van der Waals surface area contributed by atoms with Crippen LogP contribution in [-0.2, 0) is 6.54 Å². The number of rotatable bonds is 6. The van der Waals surface area contributed by atoms with Crippen molar-refractivity contribution in [2.75, 3.05) is 19.6 Å². The van der Waals surface area contributed by atoms with Gasteiger partial charge in [-0.25, -0.2) is 4.98 Å². The Morgan fingerprint density at radius 2 is 2.32 bits per heavy atom. The van der Waals surface area contributed by atoms with Gasteiger partial charge in [0.15, 0.2) is 0 Å². The molecule has 1 atom stereocenters. The van der Waals surface area contributed by atoms with E-state index in [-0.39, 0.29) is 0 Å². The van der Waals surface area contributed by atoms with E-state index in [0.29, 0.717) is 6.04 Å². The Kier molecular flexibility index (Phi) is 4.18. The highest BCUT2D eigenvalue weighted by Gasteiger charge is 2.27. The molecule has 1 saturated heterocycles. The van der Waals surface area contributed by atoms with Crippen molar-refractivity contribution < 1.29 is 0 Å². The van der Waals surface area contributed by atoms with Gasteiger partial charge in [0, 0.05) is 31.4 Å². The molecule has 2 fully saturated rings. The summed E-state index contributed by atoms with van der Waals surface area (Å²) in [7, 11) is 0. The molecule has 0 aromatic carbocycles. The molecule has 0 bridgehead atoms. The van der Waals surface area contributed by atoms with E-state index in [1.807, 2.05) is 6.33 Å². The van der Waals surface area contributed by atoms with Gasteiger partial charge in [-0.05, 0) is 45.2 Å². The van der Waals surface area contributed by atoms with Crippen LogP contribution in [0.15, 0.2) is 12.5 Å². The minimum Gasteiger partial charge on any atom is -0.330 e. The molecule has 1 aliphatic heterocycles. The zero-order valence-corrected chi connectivity index (χ0v) is 12.0. The Hall–Kier alpha value is -0.870. The maximum atomic E-state index is 4.36. The second-order valence-corrected chi connectivity index (χ2v) is 5.99. The average Bonchev–Trinajstić information content (AvgIpc) is 3.19. The molecule has 1 aromatic rings. The Bertz CT molecular complexity index is 391. The highest BCUT2D eigenvalue weighted by molar-refractivity contribution is 5.04. The van der Waals surface area contributed by atoms with Crippen molar-refractivity contribution in [1.29, 1.82) is 0 Å². The molecule has 1 saturated carbocycles. The first kappa shape index (κ1) is 13.1. The smallest absolute Gasteiger partial charge is 0.0951 e. The predicted octanol–water partition coefficient (Wildman–Crippen LogP) is 2.18. The van der Waals surface area contributed by atoms with E-state index in [4.69, 9.17) is 0 Å². The second kappa shape index (κ2) is 6.06. The van der Waals surface area contributed by atoms with Gasteiger partial charge in [0.25, 0.3) is 0 Å². The van der Waals surface area contributed by atoms with Gasteiger partial charge >= 0.3 is 0 Å². The fourth-order valence-corrected chi connectivity index (χ4v) is 3.17. The summed E-state index contributed by atoms with van der Waals surface area (Å²) in [6.45, 7) is 6.88. The van der Waals surface area contributed by atoms with Crippen LogP contribution in [0.2, 0.25) is 0 Å². The van der Waals surface area contributed by atoms with Crippen LogP contribution in [0.4, 0.5) is 0 Å².